The van der Waals surface area contributed by atoms with Crippen molar-refractivity contribution in [3.8, 4) is 11.6 Å². The highest BCUT2D eigenvalue weighted by atomic mass is 16.3. The average Bonchev–Trinajstić information content (AvgIpc) is 3.26. The second-order valence-electron chi connectivity index (χ2n) is 10.1. The summed E-state index contributed by atoms with van der Waals surface area (Å²) in [4.78, 5) is 44.8. The molecule has 0 atom stereocenters. The van der Waals surface area contributed by atoms with Crippen LogP contribution in [0.2, 0.25) is 0 Å². The molecule has 1 aromatic heterocycles. The minimum Gasteiger partial charge on any atom is -0.494 e. The number of nitrogens with zero attached hydrogens (tertiary/aromatic N) is 2. The summed E-state index contributed by atoms with van der Waals surface area (Å²) in [6, 6.07) is 14.9. The second-order valence-corrected chi connectivity index (χ2v) is 10.1. The molecule has 0 spiro atoms. The summed E-state index contributed by atoms with van der Waals surface area (Å²) in [5.41, 5.74) is 1.40. The minimum atomic E-state index is -0.727. The van der Waals surface area contributed by atoms with Crippen molar-refractivity contribution >= 4 is 17.6 Å². The van der Waals surface area contributed by atoms with E-state index in [-0.39, 0.29) is 11.5 Å². The summed E-state index contributed by atoms with van der Waals surface area (Å²) < 4.78 is 1.08. The largest absolute Gasteiger partial charge is 0.494 e. The number of nitrogens with one attached hydrogen (secondary N) is 2. The van der Waals surface area contributed by atoms with Gasteiger partial charge in [0.2, 0.25) is 11.8 Å². The standard InChI is InChI=1S/C31H36N4O4/c1-4-5-6-7-12-28(36)32-18-17-24-23-10-8-9-11-26(23)33-27(24)19-25-29(37)34-31(39)35(30(25)38)22-15-13-21(14-16-22)20(2)3/h8-11,13-16,19-20,38H,4-7,12,17-18H2,1-3H3,(H,32,36)(H,34,37,39)/b27-19-. The molecule has 3 N–H and O–H groups in total. The Hall–Kier alpha value is -4.20. The van der Waals surface area contributed by atoms with Crippen molar-refractivity contribution < 1.29 is 9.90 Å². The number of aromatic hydroxyl groups is 1. The van der Waals surface area contributed by atoms with Crippen molar-refractivity contribution in [2.24, 2.45) is 4.99 Å². The summed E-state index contributed by atoms with van der Waals surface area (Å²) in [6.07, 6.45) is 6.68. The van der Waals surface area contributed by atoms with Crippen LogP contribution in [0.25, 0.3) is 17.3 Å². The van der Waals surface area contributed by atoms with Crippen LogP contribution in [0.1, 0.15) is 76.3 Å². The lowest BCUT2D eigenvalue weighted by Crippen LogP contribution is -2.30. The summed E-state index contributed by atoms with van der Waals surface area (Å²) in [7, 11) is 0. The Morgan fingerprint density at radius 2 is 1.82 bits per heavy atom. The molecule has 0 saturated heterocycles. The summed E-state index contributed by atoms with van der Waals surface area (Å²) >= 11 is 0. The Morgan fingerprint density at radius 1 is 1.08 bits per heavy atom. The highest BCUT2D eigenvalue weighted by Gasteiger charge is 2.19. The van der Waals surface area contributed by atoms with Gasteiger partial charge < -0.3 is 10.4 Å². The zero-order chi connectivity index (χ0) is 27.9. The van der Waals surface area contributed by atoms with E-state index in [0.29, 0.717) is 36.7 Å². The van der Waals surface area contributed by atoms with Crippen molar-refractivity contribution in [1.29, 1.82) is 0 Å². The molecule has 0 unspecified atom stereocenters. The van der Waals surface area contributed by atoms with E-state index in [2.05, 4.69) is 31.1 Å². The number of amides is 1. The van der Waals surface area contributed by atoms with Crippen LogP contribution in [0.5, 0.6) is 5.88 Å². The summed E-state index contributed by atoms with van der Waals surface area (Å²) in [5.74, 6) is -0.129. The van der Waals surface area contributed by atoms with Gasteiger partial charge in [0, 0.05) is 18.2 Å². The van der Waals surface area contributed by atoms with Crippen LogP contribution in [0.15, 0.2) is 68.8 Å². The maximum atomic E-state index is 12.8. The van der Waals surface area contributed by atoms with E-state index >= 15 is 0 Å². The Kier molecular flexibility index (Phi) is 8.96. The number of hydrogen-bond donors (Lipinski definition) is 3. The Labute approximate surface area is 227 Å². The van der Waals surface area contributed by atoms with Gasteiger partial charge in [0.25, 0.3) is 5.56 Å². The van der Waals surface area contributed by atoms with Crippen LogP contribution in [-0.4, -0.2) is 27.1 Å². The minimum absolute atomic E-state index is 0.0186. The fourth-order valence-corrected chi connectivity index (χ4v) is 4.72. The van der Waals surface area contributed by atoms with Gasteiger partial charge in [-0.05, 0) is 54.2 Å². The van der Waals surface area contributed by atoms with Gasteiger partial charge in [-0.3, -0.25) is 14.6 Å². The molecule has 1 amide bonds. The van der Waals surface area contributed by atoms with Crippen LogP contribution in [0, 0.1) is 0 Å². The zero-order valence-corrected chi connectivity index (χ0v) is 22.8. The predicted molar refractivity (Wildman–Crippen MR) is 153 cm³/mol. The Balaban J connectivity index is 1.65. The van der Waals surface area contributed by atoms with E-state index in [9.17, 15) is 19.5 Å². The summed E-state index contributed by atoms with van der Waals surface area (Å²) in [5, 5.41) is 15.7. The van der Waals surface area contributed by atoms with Crippen molar-refractivity contribution in [1.82, 2.24) is 14.9 Å². The van der Waals surface area contributed by atoms with Gasteiger partial charge in [0.05, 0.1) is 16.7 Å². The molecule has 0 bridgehead atoms. The first-order valence-electron chi connectivity index (χ1n) is 13.6. The molecule has 0 fully saturated rings. The zero-order valence-electron chi connectivity index (χ0n) is 22.8. The number of benzene rings is 2. The first kappa shape index (κ1) is 27.8. The number of fused-ring (bicyclic) bond motifs is 1. The van der Waals surface area contributed by atoms with Crippen LogP contribution < -0.4 is 27.1 Å². The highest BCUT2D eigenvalue weighted by Crippen LogP contribution is 2.25. The summed E-state index contributed by atoms with van der Waals surface area (Å²) in [6.45, 7) is 6.70. The number of carbonyl (C=O) groups excluding carboxylic acids is 1. The highest BCUT2D eigenvalue weighted by molar-refractivity contribution is 5.78. The van der Waals surface area contributed by atoms with Gasteiger partial charge in [-0.2, -0.15) is 0 Å². The lowest BCUT2D eigenvalue weighted by Gasteiger charge is -2.12. The smallest absolute Gasteiger partial charge is 0.335 e. The van der Waals surface area contributed by atoms with Gasteiger partial charge in [-0.1, -0.05) is 70.4 Å². The number of H-pyrrole nitrogens is 1. The molecule has 0 radical (unpaired) electrons. The van der Waals surface area contributed by atoms with E-state index in [1.807, 2.05) is 36.4 Å². The van der Waals surface area contributed by atoms with Gasteiger partial charge in [0.1, 0.15) is 5.56 Å². The lowest BCUT2D eigenvalue weighted by atomic mass is 10.0. The molecule has 8 heteroatoms. The maximum absolute atomic E-state index is 12.8. The van der Waals surface area contributed by atoms with E-state index in [4.69, 9.17) is 4.99 Å². The molecule has 1 aliphatic rings. The van der Waals surface area contributed by atoms with Crippen molar-refractivity contribution in [2.45, 2.75) is 65.2 Å². The number of para-hydroxylation sites is 1. The molecule has 2 heterocycles. The number of hydrogen-bond acceptors (Lipinski definition) is 5. The monoisotopic (exact) mass is 528 g/mol. The van der Waals surface area contributed by atoms with Crippen molar-refractivity contribution in [3.05, 3.63) is 96.8 Å². The van der Waals surface area contributed by atoms with Gasteiger partial charge in [-0.25, -0.2) is 14.4 Å². The fourth-order valence-electron chi connectivity index (χ4n) is 4.72. The van der Waals surface area contributed by atoms with Crippen molar-refractivity contribution in [3.63, 3.8) is 0 Å². The molecule has 3 aromatic rings. The van der Waals surface area contributed by atoms with E-state index in [0.717, 1.165) is 52.0 Å². The SMILES string of the molecule is CCCCCCC(=O)NCCC1=c2ccccc2=N/C1=C\c1c(O)n(-c2ccc(C(C)C)cc2)c(=O)[nH]c1=O. The van der Waals surface area contributed by atoms with Crippen LogP contribution >= 0.6 is 0 Å². The predicted octanol–water partition coefficient (Wildman–Crippen LogP) is 3.66. The maximum Gasteiger partial charge on any atom is 0.335 e. The third kappa shape index (κ3) is 6.45. The first-order valence-corrected chi connectivity index (χ1v) is 13.6. The fraction of sp³-hybridized carbons (Fsp3) is 0.355. The molecule has 2 aromatic carbocycles. The Bertz CT molecular complexity index is 1610. The number of allylic oxidation sites excluding steroid dienone is 1. The topological polar surface area (TPSA) is 117 Å². The van der Waals surface area contributed by atoms with E-state index in [1.54, 1.807) is 12.1 Å². The lowest BCUT2D eigenvalue weighted by molar-refractivity contribution is -0.121. The molecule has 0 aliphatic carbocycles. The van der Waals surface area contributed by atoms with E-state index in [1.165, 1.54) is 6.08 Å². The molecule has 39 heavy (non-hydrogen) atoms. The molecule has 204 valence electrons. The molecular formula is C31H36N4O4. The molecule has 8 nitrogen and oxygen atoms in total. The van der Waals surface area contributed by atoms with Gasteiger partial charge in [0.15, 0.2) is 0 Å². The second kappa shape index (κ2) is 12.6. The number of rotatable bonds is 11. The van der Waals surface area contributed by atoms with Gasteiger partial charge in [-0.15, -0.1) is 0 Å². The quantitative estimate of drug-likeness (QED) is 0.329. The third-order valence-corrected chi connectivity index (χ3v) is 6.95. The van der Waals surface area contributed by atoms with Crippen molar-refractivity contribution in [2.75, 3.05) is 6.54 Å². The number of aromatic nitrogens is 2. The third-order valence-electron chi connectivity index (χ3n) is 6.95. The molecule has 0 saturated carbocycles. The van der Waals surface area contributed by atoms with Crippen LogP contribution in [0.4, 0.5) is 0 Å². The number of aromatic amines is 1. The normalized spacial score (nSPS) is 13.5. The molecule has 4 rings (SSSR count). The Morgan fingerprint density at radius 3 is 2.54 bits per heavy atom. The number of unbranched alkanes of at least 4 members (excludes halogenated alkanes) is 3. The number of carbonyl (C=O) groups is 1. The van der Waals surface area contributed by atoms with Crippen LogP contribution in [0.3, 0.4) is 0 Å². The van der Waals surface area contributed by atoms with Crippen LogP contribution in [-0.2, 0) is 4.79 Å². The first-order chi connectivity index (χ1) is 18.8. The van der Waals surface area contributed by atoms with E-state index < -0.39 is 17.1 Å². The molecular weight excluding hydrogens is 492 g/mol. The molecule has 1 aliphatic heterocycles. The average molecular weight is 529 g/mol. The van der Waals surface area contributed by atoms with Gasteiger partial charge >= 0.3 is 5.69 Å².